The Hall–Kier alpha value is -3.99. The molecular weight excluding hydrogens is 392 g/mol. The van der Waals surface area contributed by atoms with Gasteiger partial charge in [0.15, 0.2) is 0 Å². The molecule has 1 aliphatic heterocycles. The first kappa shape index (κ1) is 20.3. The van der Waals surface area contributed by atoms with Crippen LogP contribution in [0.4, 0.5) is 23.0 Å². The van der Waals surface area contributed by atoms with E-state index in [-0.39, 0.29) is 17.4 Å². The van der Waals surface area contributed by atoms with E-state index in [0.29, 0.717) is 11.5 Å². The molecule has 1 fully saturated rings. The number of benzene rings is 2. The molecule has 1 saturated heterocycles. The zero-order valence-electron chi connectivity index (χ0n) is 16.9. The van der Waals surface area contributed by atoms with E-state index in [1.807, 2.05) is 47.4 Å². The van der Waals surface area contributed by atoms with Gasteiger partial charge in [-0.25, -0.2) is 9.97 Å². The largest absolute Gasteiger partial charge is 0.353 e. The summed E-state index contributed by atoms with van der Waals surface area (Å²) in [6.45, 7) is 1.50. The topological polar surface area (TPSA) is 108 Å². The summed E-state index contributed by atoms with van der Waals surface area (Å²) in [6.07, 6.45) is 4.47. The Bertz CT molecular complexity index is 1090. The third kappa shape index (κ3) is 4.46. The predicted octanol–water partition coefficient (Wildman–Crippen LogP) is 4.77. The van der Waals surface area contributed by atoms with Gasteiger partial charge < -0.3 is 10.2 Å². The van der Waals surface area contributed by atoms with Crippen molar-refractivity contribution in [2.24, 2.45) is 0 Å². The van der Waals surface area contributed by atoms with E-state index in [9.17, 15) is 15.4 Å². The quantitative estimate of drug-likeness (QED) is 0.457. The van der Waals surface area contributed by atoms with E-state index in [1.54, 1.807) is 12.1 Å². The Morgan fingerprint density at radius 1 is 1.00 bits per heavy atom. The van der Waals surface area contributed by atoms with E-state index in [4.69, 9.17) is 0 Å². The zero-order valence-corrected chi connectivity index (χ0v) is 16.9. The minimum absolute atomic E-state index is 0.118. The van der Waals surface area contributed by atoms with Crippen molar-refractivity contribution >= 4 is 23.0 Å². The van der Waals surface area contributed by atoms with Crippen LogP contribution in [0.1, 0.15) is 36.3 Å². The van der Waals surface area contributed by atoms with Crippen molar-refractivity contribution in [3.63, 3.8) is 0 Å². The molecule has 1 aromatic heterocycles. The van der Waals surface area contributed by atoms with Crippen LogP contribution >= 0.6 is 0 Å². The lowest BCUT2D eigenvalue weighted by atomic mass is 9.92. The van der Waals surface area contributed by atoms with Crippen molar-refractivity contribution in [1.29, 1.82) is 5.26 Å². The van der Waals surface area contributed by atoms with Crippen molar-refractivity contribution in [2.75, 3.05) is 23.3 Å². The van der Waals surface area contributed by atoms with E-state index >= 15 is 0 Å². The Labute approximate surface area is 180 Å². The monoisotopic (exact) mass is 414 g/mol. The van der Waals surface area contributed by atoms with Gasteiger partial charge in [0.05, 0.1) is 16.9 Å². The first-order valence-electron chi connectivity index (χ1n) is 10.2. The molecule has 0 radical (unpaired) electrons. The molecule has 1 N–H and O–H groups in total. The molecule has 2 aromatic carbocycles. The van der Waals surface area contributed by atoms with E-state index < -0.39 is 4.92 Å². The van der Waals surface area contributed by atoms with Gasteiger partial charge in [-0.05, 0) is 42.5 Å². The van der Waals surface area contributed by atoms with Gasteiger partial charge in [-0.2, -0.15) is 5.26 Å². The maximum atomic E-state index is 11.8. The first-order valence-corrected chi connectivity index (χ1v) is 10.2. The minimum atomic E-state index is -0.429. The summed E-state index contributed by atoms with van der Waals surface area (Å²) in [4.78, 5) is 21.7. The highest BCUT2D eigenvalue weighted by Crippen LogP contribution is 2.35. The molecule has 31 heavy (non-hydrogen) atoms. The summed E-state index contributed by atoms with van der Waals surface area (Å²) in [6, 6.07) is 19.2. The standard InChI is InChI=1S/C23H22N6O2/c24-15-20(17-7-3-1-4-8-17)18-9-11-19(12-10-18)27-22-21(29(30)31)23(26-16-25-22)28-13-5-2-6-14-28/h1,3-4,7-12,16,20H,2,5-6,13-14H2,(H,25,26,27). The molecule has 2 heterocycles. The second-order valence-electron chi connectivity index (χ2n) is 7.42. The molecule has 156 valence electrons. The Morgan fingerprint density at radius 3 is 2.32 bits per heavy atom. The fourth-order valence-corrected chi connectivity index (χ4v) is 3.85. The summed E-state index contributed by atoms with van der Waals surface area (Å²) >= 11 is 0. The Balaban J connectivity index is 1.59. The molecule has 1 unspecified atom stereocenters. The molecule has 0 amide bonds. The van der Waals surface area contributed by atoms with E-state index in [0.717, 1.165) is 43.5 Å². The predicted molar refractivity (Wildman–Crippen MR) is 118 cm³/mol. The highest BCUT2D eigenvalue weighted by atomic mass is 16.6. The second-order valence-corrected chi connectivity index (χ2v) is 7.42. The molecule has 1 aliphatic rings. The third-order valence-corrected chi connectivity index (χ3v) is 5.41. The van der Waals surface area contributed by atoms with Crippen molar-refractivity contribution < 1.29 is 4.92 Å². The SMILES string of the molecule is N#CC(c1ccccc1)c1ccc(Nc2ncnc(N3CCCCC3)c2[N+](=O)[O-])cc1. The molecule has 0 spiro atoms. The second kappa shape index (κ2) is 9.22. The molecule has 0 saturated carbocycles. The normalized spacial score (nSPS) is 14.5. The van der Waals surface area contributed by atoms with Crippen molar-refractivity contribution in [3.8, 4) is 6.07 Å². The Kier molecular flexibility index (Phi) is 6.03. The smallest absolute Gasteiger partial charge is 0.351 e. The maximum Gasteiger partial charge on any atom is 0.353 e. The van der Waals surface area contributed by atoms with Gasteiger partial charge in [-0.15, -0.1) is 0 Å². The van der Waals surface area contributed by atoms with Crippen LogP contribution in [-0.4, -0.2) is 28.0 Å². The number of nitriles is 1. The minimum Gasteiger partial charge on any atom is -0.351 e. The van der Waals surface area contributed by atoms with Gasteiger partial charge in [-0.1, -0.05) is 42.5 Å². The number of rotatable bonds is 6. The fraction of sp³-hybridized carbons (Fsp3) is 0.261. The van der Waals surface area contributed by atoms with Gasteiger partial charge in [0.25, 0.3) is 0 Å². The highest BCUT2D eigenvalue weighted by Gasteiger charge is 2.28. The molecule has 8 nitrogen and oxygen atoms in total. The average Bonchev–Trinajstić information content (AvgIpc) is 2.81. The van der Waals surface area contributed by atoms with E-state index in [2.05, 4.69) is 21.4 Å². The van der Waals surface area contributed by atoms with Gasteiger partial charge in [0.1, 0.15) is 6.33 Å². The van der Waals surface area contributed by atoms with Crippen LogP contribution in [0.3, 0.4) is 0 Å². The number of nitrogens with zero attached hydrogens (tertiary/aromatic N) is 5. The lowest BCUT2D eigenvalue weighted by Crippen LogP contribution is -2.31. The lowest BCUT2D eigenvalue weighted by molar-refractivity contribution is -0.383. The number of hydrogen-bond acceptors (Lipinski definition) is 7. The number of piperidine rings is 1. The van der Waals surface area contributed by atoms with Crippen molar-refractivity contribution in [3.05, 3.63) is 82.2 Å². The van der Waals surface area contributed by atoms with Gasteiger partial charge in [-0.3, -0.25) is 10.1 Å². The summed E-state index contributed by atoms with van der Waals surface area (Å²) in [5.41, 5.74) is 2.31. The van der Waals surface area contributed by atoms with Gasteiger partial charge in [0, 0.05) is 18.8 Å². The van der Waals surface area contributed by atoms with Crippen LogP contribution in [-0.2, 0) is 0 Å². The van der Waals surface area contributed by atoms with Crippen LogP contribution in [0.25, 0.3) is 0 Å². The molecule has 0 bridgehead atoms. The molecule has 0 aliphatic carbocycles. The molecule has 4 rings (SSSR count). The molecule has 3 aromatic rings. The number of aromatic nitrogens is 2. The van der Waals surface area contributed by atoms with Crippen molar-refractivity contribution in [2.45, 2.75) is 25.2 Å². The molecular formula is C23H22N6O2. The number of anilines is 3. The van der Waals surface area contributed by atoms with Crippen LogP contribution < -0.4 is 10.2 Å². The fourth-order valence-electron chi connectivity index (χ4n) is 3.85. The van der Waals surface area contributed by atoms with Crippen molar-refractivity contribution in [1.82, 2.24) is 9.97 Å². The van der Waals surface area contributed by atoms with Crippen LogP contribution in [0.5, 0.6) is 0 Å². The van der Waals surface area contributed by atoms with E-state index in [1.165, 1.54) is 6.33 Å². The molecule has 8 heteroatoms. The maximum absolute atomic E-state index is 11.8. The van der Waals surface area contributed by atoms with Gasteiger partial charge in [0.2, 0.25) is 11.6 Å². The summed E-state index contributed by atoms with van der Waals surface area (Å²) in [5, 5.41) is 24.5. The first-order chi connectivity index (χ1) is 15.2. The number of nitrogens with one attached hydrogen (secondary N) is 1. The average molecular weight is 414 g/mol. The van der Waals surface area contributed by atoms with Gasteiger partial charge >= 0.3 is 5.69 Å². The lowest BCUT2D eigenvalue weighted by Gasteiger charge is -2.27. The summed E-state index contributed by atoms with van der Waals surface area (Å²) in [5.74, 6) is 0.134. The number of hydrogen-bond donors (Lipinski definition) is 1. The van der Waals surface area contributed by atoms with Crippen LogP contribution in [0.15, 0.2) is 60.9 Å². The Morgan fingerprint density at radius 2 is 1.68 bits per heavy atom. The number of nitro groups is 1. The zero-order chi connectivity index (χ0) is 21.6. The summed E-state index contributed by atoms with van der Waals surface area (Å²) < 4.78 is 0. The third-order valence-electron chi connectivity index (χ3n) is 5.41. The van der Waals surface area contributed by atoms with Crippen LogP contribution in [0, 0.1) is 21.4 Å². The highest BCUT2D eigenvalue weighted by molar-refractivity contribution is 5.74. The summed E-state index contributed by atoms with van der Waals surface area (Å²) in [7, 11) is 0. The molecule has 1 atom stereocenters. The van der Waals surface area contributed by atoms with Crippen LogP contribution in [0.2, 0.25) is 0 Å².